The van der Waals surface area contributed by atoms with Crippen molar-refractivity contribution in [3.05, 3.63) is 81.7 Å². The van der Waals surface area contributed by atoms with Gasteiger partial charge in [-0.05, 0) is 30.7 Å². The first-order valence-electron chi connectivity index (χ1n) is 8.60. The maximum Gasteiger partial charge on any atom is 0.281 e. The lowest BCUT2D eigenvalue weighted by Gasteiger charge is -2.09. The van der Waals surface area contributed by atoms with E-state index in [1.165, 1.54) is 24.8 Å². The van der Waals surface area contributed by atoms with Crippen LogP contribution in [0.15, 0.2) is 65.7 Å². The van der Waals surface area contributed by atoms with Gasteiger partial charge in [0.1, 0.15) is 16.9 Å². The van der Waals surface area contributed by atoms with E-state index in [0.29, 0.717) is 21.5 Å². The van der Waals surface area contributed by atoms with Gasteiger partial charge in [0.25, 0.3) is 11.5 Å². The van der Waals surface area contributed by atoms with Crippen LogP contribution in [0.25, 0.3) is 21.3 Å². The van der Waals surface area contributed by atoms with Gasteiger partial charge < -0.3 is 4.74 Å². The Morgan fingerprint density at radius 1 is 1.14 bits per heavy atom. The van der Waals surface area contributed by atoms with Crippen LogP contribution in [0.4, 0.5) is 0 Å². The Morgan fingerprint density at radius 2 is 1.93 bits per heavy atom. The lowest BCUT2D eigenvalue weighted by molar-refractivity contribution is 0.101. The van der Waals surface area contributed by atoms with Crippen LogP contribution in [0.2, 0.25) is 0 Å². The number of hydrogen-bond donors (Lipinski definition) is 1. The number of hydrogen-bond acceptors (Lipinski definition) is 5. The van der Waals surface area contributed by atoms with Gasteiger partial charge in [0.05, 0.1) is 12.5 Å². The molecule has 2 aromatic carbocycles. The molecule has 1 N–H and O–H groups in total. The fourth-order valence-electron chi connectivity index (χ4n) is 3.07. The molecule has 2 aromatic heterocycles. The van der Waals surface area contributed by atoms with Crippen molar-refractivity contribution in [2.75, 3.05) is 12.5 Å². The normalized spacial score (nSPS) is 10.8. The van der Waals surface area contributed by atoms with Crippen LogP contribution in [0, 0.1) is 6.92 Å². The first kappa shape index (κ1) is 17.9. The molecular weight excluding hydrogens is 374 g/mol. The number of aromatic nitrogens is 2. The Kier molecular flexibility index (Phi) is 4.67. The van der Waals surface area contributed by atoms with Gasteiger partial charge in [0.2, 0.25) is 0 Å². The van der Waals surface area contributed by atoms with Gasteiger partial charge in [-0.25, -0.2) is 9.66 Å². The van der Waals surface area contributed by atoms with Gasteiger partial charge in [0, 0.05) is 16.0 Å². The van der Waals surface area contributed by atoms with Crippen LogP contribution >= 0.6 is 11.3 Å². The first-order chi connectivity index (χ1) is 13.6. The van der Waals surface area contributed by atoms with E-state index >= 15 is 0 Å². The maximum absolute atomic E-state index is 13.1. The van der Waals surface area contributed by atoms with E-state index < -0.39 is 5.91 Å². The van der Waals surface area contributed by atoms with Gasteiger partial charge in [0.15, 0.2) is 0 Å². The molecule has 7 heteroatoms. The van der Waals surface area contributed by atoms with Crippen molar-refractivity contribution in [3.8, 4) is 16.9 Å². The quantitative estimate of drug-likeness (QED) is 0.574. The summed E-state index contributed by atoms with van der Waals surface area (Å²) in [4.78, 5) is 31.7. The minimum atomic E-state index is -0.421. The van der Waals surface area contributed by atoms with Crippen molar-refractivity contribution in [2.45, 2.75) is 6.92 Å². The van der Waals surface area contributed by atoms with E-state index in [4.69, 9.17) is 4.74 Å². The monoisotopic (exact) mass is 391 g/mol. The second-order valence-electron chi connectivity index (χ2n) is 6.17. The van der Waals surface area contributed by atoms with E-state index in [0.717, 1.165) is 20.7 Å². The number of carbonyl (C=O) groups is 1. The summed E-state index contributed by atoms with van der Waals surface area (Å²) in [7, 11) is 1.53. The summed E-state index contributed by atoms with van der Waals surface area (Å²) < 4.78 is 6.27. The number of nitrogens with one attached hydrogen (secondary N) is 1. The zero-order chi connectivity index (χ0) is 19.7. The van der Waals surface area contributed by atoms with Crippen molar-refractivity contribution >= 4 is 27.5 Å². The number of benzene rings is 2. The number of rotatable bonds is 4. The number of fused-ring (bicyclic) bond motifs is 1. The van der Waals surface area contributed by atoms with Crippen LogP contribution in [0.3, 0.4) is 0 Å². The molecule has 0 atom stereocenters. The highest BCUT2D eigenvalue weighted by Gasteiger charge is 2.18. The molecule has 4 rings (SSSR count). The molecule has 28 heavy (non-hydrogen) atoms. The lowest BCUT2D eigenvalue weighted by atomic mass is 10.0. The van der Waals surface area contributed by atoms with Crippen LogP contribution < -0.4 is 15.7 Å². The molecule has 0 saturated carbocycles. The number of nitrogens with zero attached hydrogens (tertiary/aromatic N) is 2. The lowest BCUT2D eigenvalue weighted by Crippen LogP contribution is -2.33. The Labute approximate surface area is 165 Å². The predicted octanol–water partition coefficient (Wildman–Crippen LogP) is 3.83. The minimum absolute atomic E-state index is 0.315. The van der Waals surface area contributed by atoms with Crippen LogP contribution in [0.5, 0.6) is 5.75 Å². The first-order valence-corrected chi connectivity index (χ1v) is 9.41. The summed E-state index contributed by atoms with van der Waals surface area (Å²) in [5.74, 6) is 0.142. The standard InChI is InChI=1S/C21H17N3O3S/c1-13-17(14-7-4-3-5-8-14)18-20(28-13)22-12-24(21(18)26)23-19(25)15-9-6-10-16(11-15)27-2/h3-12H,1-2H3,(H,23,25). The number of thiophene rings is 1. The molecule has 2 heterocycles. The summed E-state index contributed by atoms with van der Waals surface area (Å²) >= 11 is 1.46. The van der Waals surface area contributed by atoms with Gasteiger partial charge in [-0.2, -0.15) is 0 Å². The third-order valence-electron chi connectivity index (χ3n) is 4.41. The molecule has 6 nitrogen and oxygen atoms in total. The van der Waals surface area contributed by atoms with Crippen molar-refractivity contribution in [1.82, 2.24) is 9.66 Å². The molecule has 0 radical (unpaired) electrons. The fraction of sp³-hybridized carbons (Fsp3) is 0.0952. The average molecular weight is 391 g/mol. The Balaban J connectivity index is 1.78. The van der Waals surface area contributed by atoms with Gasteiger partial charge in [-0.1, -0.05) is 36.4 Å². The molecule has 0 aliphatic rings. The summed E-state index contributed by atoms with van der Waals surface area (Å²) in [6.45, 7) is 1.97. The van der Waals surface area contributed by atoms with Crippen molar-refractivity contribution in [2.24, 2.45) is 0 Å². The molecule has 1 amide bonds. The highest BCUT2D eigenvalue weighted by Crippen LogP contribution is 2.35. The third kappa shape index (κ3) is 3.16. The van der Waals surface area contributed by atoms with E-state index in [1.54, 1.807) is 24.3 Å². The van der Waals surface area contributed by atoms with Crippen molar-refractivity contribution in [1.29, 1.82) is 0 Å². The number of amides is 1. The number of carbonyl (C=O) groups excluding carboxylic acids is 1. The smallest absolute Gasteiger partial charge is 0.281 e. The van der Waals surface area contributed by atoms with Gasteiger partial charge in [-0.15, -0.1) is 11.3 Å². The number of ether oxygens (including phenoxy) is 1. The zero-order valence-corrected chi connectivity index (χ0v) is 16.1. The van der Waals surface area contributed by atoms with Crippen LogP contribution in [-0.4, -0.2) is 22.7 Å². The van der Waals surface area contributed by atoms with E-state index in [2.05, 4.69) is 10.4 Å². The summed E-state index contributed by atoms with van der Waals surface area (Å²) in [6.07, 6.45) is 1.34. The highest BCUT2D eigenvalue weighted by molar-refractivity contribution is 7.19. The third-order valence-corrected chi connectivity index (χ3v) is 5.42. The molecule has 0 unspecified atom stereocenters. The summed E-state index contributed by atoms with van der Waals surface area (Å²) in [6, 6.07) is 16.4. The van der Waals surface area contributed by atoms with Crippen LogP contribution in [0.1, 0.15) is 15.2 Å². The molecular formula is C21H17N3O3S. The number of methoxy groups -OCH3 is 1. The molecule has 0 aliphatic heterocycles. The molecule has 0 bridgehead atoms. The minimum Gasteiger partial charge on any atom is -0.497 e. The second kappa shape index (κ2) is 7.28. The molecule has 0 aliphatic carbocycles. The van der Waals surface area contributed by atoms with Gasteiger partial charge in [-0.3, -0.25) is 15.0 Å². The SMILES string of the molecule is COc1cccc(C(=O)Nn2cnc3sc(C)c(-c4ccccc4)c3c2=O)c1. The van der Waals surface area contributed by atoms with Crippen molar-refractivity contribution < 1.29 is 9.53 Å². The predicted molar refractivity (Wildman–Crippen MR) is 111 cm³/mol. The Bertz CT molecular complexity index is 1230. The van der Waals surface area contributed by atoms with E-state index in [-0.39, 0.29) is 5.56 Å². The highest BCUT2D eigenvalue weighted by atomic mass is 32.1. The summed E-state index contributed by atoms with van der Waals surface area (Å²) in [5.41, 5.74) is 4.48. The molecule has 4 aromatic rings. The summed E-state index contributed by atoms with van der Waals surface area (Å²) in [5, 5.41) is 0.502. The van der Waals surface area contributed by atoms with Crippen molar-refractivity contribution in [3.63, 3.8) is 0 Å². The van der Waals surface area contributed by atoms with Crippen LogP contribution in [-0.2, 0) is 0 Å². The Morgan fingerprint density at radius 3 is 2.68 bits per heavy atom. The van der Waals surface area contributed by atoms with Gasteiger partial charge >= 0.3 is 0 Å². The van der Waals surface area contributed by atoms with E-state index in [1.807, 2.05) is 37.3 Å². The Hall–Kier alpha value is -3.45. The average Bonchev–Trinajstić information content (AvgIpc) is 3.07. The molecule has 0 saturated heterocycles. The maximum atomic E-state index is 13.1. The molecule has 0 fully saturated rings. The second-order valence-corrected chi connectivity index (χ2v) is 7.38. The molecule has 0 spiro atoms. The topological polar surface area (TPSA) is 73.2 Å². The fourth-order valence-corrected chi connectivity index (χ4v) is 4.08. The molecule has 140 valence electrons. The van der Waals surface area contributed by atoms with E-state index in [9.17, 15) is 9.59 Å². The number of aryl methyl sites for hydroxylation is 1. The zero-order valence-electron chi connectivity index (χ0n) is 15.3. The largest absolute Gasteiger partial charge is 0.497 e.